The number of hydrogen-bond acceptors (Lipinski definition) is 3. The van der Waals surface area contributed by atoms with Crippen LogP contribution in [0.4, 0.5) is 4.79 Å². The Morgan fingerprint density at radius 3 is 2.70 bits per heavy atom. The standard InChI is InChI=1S/C14H26N2O4/c1-4-16(11(3)9-13(17)18)14(19)15-8-6-7-12(10-15)20-5-2/h11-12H,4-10H2,1-3H3,(H,17,18). The summed E-state index contributed by atoms with van der Waals surface area (Å²) in [4.78, 5) is 26.7. The molecule has 1 aliphatic rings. The number of amides is 2. The van der Waals surface area contributed by atoms with E-state index in [2.05, 4.69) is 0 Å². The fraction of sp³-hybridized carbons (Fsp3) is 0.857. The molecule has 1 fully saturated rings. The molecule has 1 N–H and O–H groups in total. The largest absolute Gasteiger partial charge is 0.481 e. The van der Waals surface area contributed by atoms with E-state index in [9.17, 15) is 9.59 Å². The Morgan fingerprint density at radius 1 is 1.45 bits per heavy atom. The van der Waals surface area contributed by atoms with Gasteiger partial charge >= 0.3 is 12.0 Å². The van der Waals surface area contributed by atoms with Crippen molar-refractivity contribution < 1.29 is 19.4 Å². The summed E-state index contributed by atoms with van der Waals surface area (Å²) < 4.78 is 5.60. The van der Waals surface area contributed by atoms with Crippen molar-refractivity contribution in [1.82, 2.24) is 9.80 Å². The highest BCUT2D eigenvalue weighted by molar-refractivity contribution is 5.76. The van der Waals surface area contributed by atoms with Crippen molar-refractivity contribution in [3.05, 3.63) is 0 Å². The number of nitrogens with zero attached hydrogens (tertiary/aromatic N) is 2. The number of carboxylic acids is 1. The monoisotopic (exact) mass is 286 g/mol. The first-order chi connectivity index (χ1) is 9.49. The molecule has 116 valence electrons. The Hall–Kier alpha value is -1.30. The van der Waals surface area contributed by atoms with Crippen molar-refractivity contribution in [2.24, 2.45) is 0 Å². The van der Waals surface area contributed by atoms with E-state index in [0.717, 1.165) is 19.4 Å². The van der Waals surface area contributed by atoms with Crippen LogP contribution < -0.4 is 0 Å². The lowest BCUT2D eigenvalue weighted by Gasteiger charge is -2.37. The van der Waals surface area contributed by atoms with Crippen molar-refractivity contribution in [3.8, 4) is 0 Å². The van der Waals surface area contributed by atoms with Gasteiger partial charge in [0.1, 0.15) is 0 Å². The summed E-state index contributed by atoms with van der Waals surface area (Å²) in [5.74, 6) is -0.880. The highest BCUT2D eigenvalue weighted by atomic mass is 16.5. The van der Waals surface area contributed by atoms with E-state index in [0.29, 0.717) is 19.7 Å². The molecule has 2 atom stereocenters. The molecule has 6 nitrogen and oxygen atoms in total. The molecular weight excluding hydrogens is 260 g/mol. The minimum absolute atomic E-state index is 0.0255. The van der Waals surface area contributed by atoms with E-state index in [1.54, 1.807) is 16.7 Å². The number of likely N-dealkylation sites (tertiary alicyclic amines) is 1. The van der Waals surface area contributed by atoms with Gasteiger partial charge in [-0.1, -0.05) is 0 Å². The van der Waals surface area contributed by atoms with Gasteiger partial charge in [-0.25, -0.2) is 4.79 Å². The fourth-order valence-electron chi connectivity index (χ4n) is 2.66. The third-order valence-electron chi connectivity index (χ3n) is 3.64. The molecule has 2 unspecified atom stereocenters. The molecule has 6 heteroatoms. The molecule has 1 saturated heterocycles. The van der Waals surface area contributed by atoms with Crippen LogP contribution in [0.15, 0.2) is 0 Å². The topological polar surface area (TPSA) is 70.1 Å². The van der Waals surface area contributed by atoms with Crippen molar-refractivity contribution in [2.45, 2.75) is 52.2 Å². The lowest BCUT2D eigenvalue weighted by Crippen LogP contribution is -2.52. The van der Waals surface area contributed by atoms with E-state index < -0.39 is 5.97 Å². The average molecular weight is 286 g/mol. The number of hydrogen-bond donors (Lipinski definition) is 1. The van der Waals surface area contributed by atoms with Crippen LogP contribution in [0.25, 0.3) is 0 Å². The van der Waals surface area contributed by atoms with Crippen LogP contribution in [0, 0.1) is 0 Å². The first kappa shape index (κ1) is 16.8. The summed E-state index contributed by atoms with van der Waals surface area (Å²) in [5.41, 5.74) is 0. The molecule has 0 aromatic carbocycles. The van der Waals surface area contributed by atoms with Crippen LogP contribution in [0.2, 0.25) is 0 Å². The quantitative estimate of drug-likeness (QED) is 0.808. The molecule has 1 aliphatic heterocycles. The van der Waals surface area contributed by atoms with Crippen molar-refractivity contribution in [3.63, 3.8) is 0 Å². The zero-order valence-electron chi connectivity index (χ0n) is 12.7. The molecule has 1 rings (SSSR count). The Morgan fingerprint density at radius 2 is 2.15 bits per heavy atom. The molecule has 20 heavy (non-hydrogen) atoms. The van der Waals surface area contributed by atoms with Gasteiger partial charge in [0, 0.05) is 32.3 Å². The van der Waals surface area contributed by atoms with Crippen LogP contribution in [0.3, 0.4) is 0 Å². The number of carboxylic acid groups (broad SMARTS) is 1. The summed E-state index contributed by atoms with van der Waals surface area (Å²) in [7, 11) is 0. The van der Waals surface area contributed by atoms with Crippen LogP contribution in [-0.2, 0) is 9.53 Å². The molecule has 0 radical (unpaired) electrons. The van der Waals surface area contributed by atoms with Gasteiger partial charge in [0.25, 0.3) is 0 Å². The predicted molar refractivity (Wildman–Crippen MR) is 75.7 cm³/mol. The second kappa shape index (κ2) is 8.09. The van der Waals surface area contributed by atoms with Gasteiger partial charge in [0.05, 0.1) is 12.5 Å². The Balaban J connectivity index is 2.63. The van der Waals surface area contributed by atoms with Crippen molar-refractivity contribution >= 4 is 12.0 Å². The molecule has 0 aromatic rings. The number of rotatable bonds is 6. The Bertz CT molecular complexity index is 333. The van der Waals surface area contributed by atoms with Gasteiger partial charge in [0.2, 0.25) is 0 Å². The summed E-state index contributed by atoms with van der Waals surface area (Å²) in [5, 5.41) is 8.86. The third kappa shape index (κ3) is 4.67. The number of ether oxygens (including phenoxy) is 1. The zero-order valence-corrected chi connectivity index (χ0v) is 12.7. The van der Waals surface area contributed by atoms with Gasteiger partial charge in [-0.15, -0.1) is 0 Å². The minimum atomic E-state index is -0.880. The molecule has 2 amide bonds. The normalized spacial score (nSPS) is 20.6. The van der Waals surface area contributed by atoms with E-state index in [1.807, 2.05) is 13.8 Å². The second-order valence-corrected chi connectivity index (χ2v) is 5.18. The molecule has 1 heterocycles. The number of carbonyl (C=O) groups is 2. The van der Waals surface area contributed by atoms with E-state index in [-0.39, 0.29) is 24.6 Å². The number of aliphatic carboxylic acids is 1. The van der Waals surface area contributed by atoms with Gasteiger partial charge in [-0.05, 0) is 33.6 Å². The van der Waals surface area contributed by atoms with Gasteiger partial charge in [-0.2, -0.15) is 0 Å². The first-order valence-corrected chi connectivity index (χ1v) is 7.38. The fourth-order valence-corrected chi connectivity index (χ4v) is 2.66. The SMILES string of the molecule is CCOC1CCCN(C(=O)N(CC)C(C)CC(=O)O)C1. The molecular formula is C14H26N2O4. The van der Waals surface area contributed by atoms with Crippen LogP contribution in [0.1, 0.15) is 40.0 Å². The highest BCUT2D eigenvalue weighted by Crippen LogP contribution is 2.16. The van der Waals surface area contributed by atoms with E-state index in [4.69, 9.17) is 9.84 Å². The Kier molecular flexibility index (Phi) is 6.78. The zero-order chi connectivity index (χ0) is 15.1. The summed E-state index contributed by atoms with van der Waals surface area (Å²) in [6.45, 7) is 8.10. The lowest BCUT2D eigenvalue weighted by molar-refractivity contribution is -0.138. The Labute approximate surface area is 120 Å². The second-order valence-electron chi connectivity index (χ2n) is 5.18. The van der Waals surface area contributed by atoms with E-state index >= 15 is 0 Å². The molecule has 0 spiro atoms. The van der Waals surface area contributed by atoms with Gasteiger partial charge < -0.3 is 19.6 Å². The lowest BCUT2D eigenvalue weighted by atomic mass is 10.1. The number of urea groups is 1. The summed E-state index contributed by atoms with van der Waals surface area (Å²) in [6, 6.07) is -0.372. The molecule has 0 bridgehead atoms. The molecule has 0 aliphatic carbocycles. The predicted octanol–water partition coefficient (Wildman–Crippen LogP) is 1.79. The van der Waals surface area contributed by atoms with Gasteiger partial charge in [-0.3, -0.25) is 4.79 Å². The number of piperidine rings is 1. The minimum Gasteiger partial charge on any atom is -0.481 e. The maximum absolute atomic E-state index is 12.5. The van der Waals surface area contributed by atoms with Crippen molar-refractivity contribution in [2.75, 3.05) is 26.2 Å². The average Bonchev–Trinajstić information content (AvgIpc) is 2.39. The molecule has 0 saturated carbocycles. The highest BCUT2D eigenvalue weighted by Gasteiger charge is 2.29. The summed E-state index contributed by atoms with van der Waals surface area (Å²) >= 11 is 0. The maximum atomic E-state index is 12.5. The number of carbonyl (C=O) groups excluding carboxylic acids is 1. The third-order valence-corrected chi connectivity index (χ3v) is 3.64. The maximum Gasteiger partial charge on any atom is 0.320 e. The summed E-state index contributed by atoms with van der Waals surface area (Å²) in [6.07, 6.45) is 1.99. The van der Waals surface area contributed by atoms with Crippen molar-refractivity contribution in [1.29, 1.82) is 0 Å². The van der Waals surface area contributed by atoms with Gasteiger partial charge in [0.15, 0.2) is 0 Å². The first-order valence-electron chi connectivity index (χ1n) is 7.38. The van der Waals surface area contributed by atoms with Crippen LogP contribution in [0.5, 0.6) is 0 Å². The van der Waals surface area contributed by atoms with Crippen LogP contribution >= 0.6 is 0 Å². The molecule has 0 aromatic heterocycles. The van der Waals surface area contributed by atoms with Crippen LogP contribution in [-0.4, -0.2) is 65.3 Å². The smallest absolute Gasteiger partial charge is 0.320 e. The van der Waals surface area contributed by atoms with E-state index in [1.165, 1.54) is 0 Å².